The summed E-state index contributed by atoms with van der Waals surface area (Å²) in [5, 5.41) is 0. The minimum absolute atomic E-state index is 0.785. The summed E-state index contributed by atoms with van der Waals surface area (Å²) < 4.78 is 15.9. The highest BCUT2D eigenvalue weighted by Crippen LogP contribution is 2.02. The van der Waals surface area contributed by atoms with Crippen molar-refractivity contribution in [3.63, 3.8) is 0 Å². The van der Waals surface area contributed by atoms with Gasteiger partial charge in [-0.15, -0.1) is 0 Å². The lowest BCUT2D eigenvalue weighted by Gasteiger charge is -2.05. The summed E-state index contributed by atoms with van der Waals surface area (Å²) in [7, 11) is 0. The predicted molar refractivity (Wildman–Crippen MR) is 62.9 cm³/mol. The zero-order valence-corrected chi connectivity index (χ0v) is 11.7. The lowest BCUT2D eigenvalue weighted by Crippen LogP contribution is -2.29. The number of ether oxygens (including phenoxy) is 4. The maximum atomic E-state index is 11.2. The fraction of sp³-hybridized carbons (Fsp3) is 0.333. The first kappa shape index (κ1) is 18.6. The second kappa shape index (κ2) is 8.26. The van der Waals surface area contributed by atoms with E-state index in [-0.39, 0.29) is 0 Å². The standard InChI is InChI=1S/C12H8O12/c13-5-1-2-6(14)22-11(19)12(20)24-8(16)4-3-7(15)23-10(18)9(17)21-5/h1-4H2. The van der Waals surface area contributed by atoms with Gasteiger partial charge >= 0.3 is 47.8 Å². The third-order valence-electron chi connectivity index (χ3n) is 2.23. The molecule has 0 unspecified atom stereocenters. The van der Waals surface area contributed by atoms with Crippen LogP contribution in [0.1, 0.15) is 25.7 Å². The minimum atomic E-state index is -1.82. The highest BCUT2D eigenvalue weighted by molar-refractivity contribution is 6.34. The Kier molecular flexibility index (Phi) is 6.40. The normalized spacial score (nSPS) is 19.3. The van der Waals surface area contributed by atoms with Crippen molar-refractivity contribution in [2.75, 3.05) is 0 Å². The van der Waals surface area contributed by atoms with Gasteiger partial charge in [0.15, 0.2) is 0 Å². The van der Waals surface area contributed by atoms with Crippen LogP contribution in [0.15, 0.2) is 0 Å². The largest absolute Gasteiger partial charge is 0.425 e. The summed E-state index contributed by atoms with van der Waals surface area (Å²) in [6, 6.07) is 0. The number of hydrogen-bond acceptors (Lipinski definition) is 12. The van der Waals surface area contributed by atoms with Crippen molar-refractivity contribution < 1.29 is 57.3 Å². The summed E-state index contributed by atoms with van der Waals surface area (Å²) in [6.07, 6.45) is -3.14. The van der Waals surface area contributed by atoms with Crippen molar-refractivity contribution in [2.24, 2.45) is 0 Å². The zero-order chi connectivity index (χ0) is 18.3. The van der Waals surface area contributed by atoms with Crippen molar-refractivity contribution >= 4 is 47.8 Å². The maximum Gasteiger partial charge on any atom is 0.425 e. The number of carbonyl (C=O) groups excluding carboxylic acids is 8. The Morgan fingerprint density at radius 2 is 0.542 bits per heavy atom. The highest BCUT2D eigenvalue weighted by Gasteiger charge is 2.28. The molecule has 0 aromatic heterocycles. The third kappa shape index (κ3) is 6.13. The molecule has 12 nitrogen and oxygen atoms in total. The number of carbonyl (C=O) groups is 8. The van der Waals surface area contributed by atoms with Crippen LogP contribution in [0, 0.1) is 0 Å². The molecule has 0 aliphatic carbocycles. The van der Waals surface area contributed by atoms with Gasteiger partial charge in [-0.25, -0.2) is 19.2 Å². The molecule has 1 saturated heterocycles. The molecule has 1 heterocycles. The van der Waals surface area contributed by atoms with Gasteiger partial charge in [0.25, 0.3) is 0 Å². The molecule has 0 spiro atoms. The Balaban J connectivity index is 2.83. The van der Waals surface area contributed by atoms with Crippen LogP contribution in [0.2, 0.25) is 0 Å². The first-order chi connectivity index (χ1) is 11.2. The Bertz CT molecular complexity index is 530. The van der Waals surface area contributed by atoms with Crippen molar-refractivity contribution in [1.82, 2.24) is 0 Å². The second-order valence-corrected chi connectivity index (χ2v) is 4.05. The van der Waals surface area contributed by atoms with E-state index in [2.05, 4.69) is 18.9 Å². The lowest BCUT2D eigenvalue weighted by atomic mass is 10.3. The van der Waals surface area contributed by atoms with Gasteiger partial charge in [0.1, 0.15) is 0 Å². The fourth-order valence-electron chi connectivity index (χ4n) is 1.19. The van der Waals surface area contributed by atoms with Gasteiger partial charge in [0.2, 0.25) is 0 Å². The highest BCUT2D eigenvalue weighted by atomic mass is 16.6. The summed E-state index contributed by atoms with van der Waals surface area (Å²) >= 11 is 0. The van der Waals surface area contributed by atoms with E-state index in [0.29, 0.717) is 0 Å². The van der Waals surface area contributed by atoms with E-state index >= 15 is 0 Å². The number of rotatable bonds is 0. The van der Waals surface area contributed by atoms with Crippen LogP contribution in [0.25, 0.3) is 0 Å². The van der Waals surface area contributed by atoms with Crippen LogP contribution >= 0.6 is 0 Å². The molecule has 0 radical (unpaired) electrons. The topological polar surface area (TPSA) is 173 Å². The van der Waals surface area contributed by atoms with Crippen LogP contribution in [0.4, 0.5) is 0 Å². The molecule has 0 N–H and O–H groups in total. The molecule has 0 aromatic carbocycles. The van der Waals surface area contributed by atoms with Crippen LogP contribution < -0.4 is 0 Å². The van der Waals surface area contributed by atoms with Crippen molar-refractivity contribution in [2.45, 2.75) is 25.7 Å². The van der Waals surface area contributed by atoms with Crippen molar-refractivity contribution in [1.29, 1.82) is 0 Å². The van der Waals surface area contributed by atoms with Crippen LogP contribution in [0.5, 0.6) is 0 Å². The fourth-order valence-corrected chi connectivity index (χ4v) is 1.19. The molecule has 0 amide bonds. The van der Waals surface area contributed by atoms with Gasteiger partial charge in [-0.2, -0.15) is 0 Å². The third-order valence-corrected chi connectivity index (χ3v) is 2.23. The van der Waals surface area contributed by atoms with E-state index in [0.717, 1.165) is 0 Å². The van der Waals surface area contributed by atoms with E-state index in [1.807, 2.05) is 0 Å². The number of hydrogen-bond donors (Lipinski definition) is 0. The van der Waals surface area contributed by atoms with Crippen LogP contribution in [0.3, 0.4) is 0 Å². The predicted octanol–water partition coefficient (Wildman–Crippen LogP) is -2.16. The Hall–Kier alpha value is -3.44. The van der Waals surface area contributed by atoms with Crippen molar-refractivity contribution in [3.05, 3.63) is 0 Å². The summed E-state index contributed by atoms with van der Waals surface area (Å²) in [4.78, 5) is 89.2. The maximum absolute atomic E-state index is 11.2. The van der Waals surface area contributed by atoms with E-state index in [1.54, 1.807) is 0 Å². The van der Waals surface area contributed by atoms with Gasteiger partial charge in [-0.1, -0.05) is 0 Å². The summed E-state index contributed by atoms with van der Waals surface area (Å²) in [5.74, 6) is -12.7. The molecule has 0 bridgehead atoms. The molecule has 1 fully saturated rings. The Morgan fingerprint density at radius 1 is 0.375 bits per heavy atom. The monoisotopic (exact) mass is 344 g/mol. The molecule has 0 aromatic rings. The average molecular weight is 344 g/mol. The quantitative estimate of drug-likeness (QED) is 0.202. The molecular weight excluding hydrogens is 336 g/mol. The molecule has 128 valence electrons. The number of cyclic esters (lactones) is 8. The number of esters is 8. The van der Waals surface area contributed by atoms with E-state index in [9.17, 15) is 38.4 Å². The Morgan fingerprint density at radius 3 is 0.708 bits per heavy atom. The molecule has 0 saturated carbocycles. The lowest BCUT2D eigenvalue weighted by molar-refractivity contribution is -0.180. The second-order valence-electron chi connectivity index (χ2n) is 4.05. The van der Waals surface area contributed by atoms with Gasteiger partial charge < -0.3 is 18.9 Å². The van der Waals surface area contributed by atoms with Crippen LogP contribution in [-0.2, 0) is 57.3 Å². The average Bonchev–Trinajstić information content (AvgIpc) is 2.49. The molecular formula is C12H8O12. The first-order valence-corrected chi connectivity index (χ1v) is 6.18. The van der Waals surface area contributed by atoms with E-state index in [1.165, 1.54) is 0 Å². The summed E-state index contributed by atoms with van der Waals surface area (Å²) in [5.41, 5.74) is 0. The van der Waals surface area contributed by atoms with E-state index < -0.39 is 73.4 Å². The van der Waals surface area contributed by atoms with Gasteiger partial charge in [0, 0.05) is 0 Å². The Labute approximate surface area is 131 Å². The molecule has 1 rings (SSSR count). The summed E-state index contributed by atoms with van der Waals surface area (Å²) in [6.45, 7) is 0. The van der Waals surface area contributed by atoms with Crippen molar-refractivity contribution in [3.8, 4) is 0 Å². The smallest absolute Gasteiger partial charge is 0.384 e. The first-order valence-electron chi connectivity index (χ1n) is 6.18. The molecule has 12 heteroatoms. The zero-order valence-electron chi connectivity index (χ0n) is 11.7. The molecule has 1 aliphatic heterocycles. The SMILES string of the molecule is O=C1CCC(=O)OC(=O)C(=O)OC(=O)CCC(=O)OC(=O)C(=O)O1. The molecule has 0 atom stereocenters. The van der Waals surface area contributed by atoms with Gasteiger partial charge in [-0.05, 0) is 0 Å². The van der Waals surface area contributed by atoms with Crippen LogP contribution in [-0.4, -0.2) is 47.8 Å². The molecule has 24 heavy (non-hydrogen) atoms. The van der Waals surface area contributed by atoms with Gasteiger partial charge in [-0.3, -0.25) is 19.2 Å². The van der Waals surface area contributed by atoms with Gasteiger partial charge in [0.05, 0.1) is 25.7 Å². The van der Waals surface area contributed by atoms with E-state index in [4.69, 9.17) is 0 Å². The minimum Gasteiger partial charge on any atom is -0.384 e. The molecule has 1 aliphatic rings.